The first-order valence-corrected chi connectivity index (χ1v) is 8.67. The number of carboxylic acid groups (broad SMARTS) is 1. The van der Waals surface area contributed by atoms with Gasteiger partial charge in [-0.2, -0.15) is 5.10 Å². The summed E-state index contributed by atoms with van der Waals surface area (Å²) in [7, 11) is 0. The number of rotatable bonds is 6. The van der Waals surface area contributed by atoms with Crippen molar-refractivity contribution in [3.05, 3.63) is 41.6 Å². The van der Waals surface area contributed by atoms with Crippen molar-refractivity contribution < 1.29 is 23.5 Å². The van der Waals surface area contributed by atoms with E-state index in [0.29, 0.717) is 19.6 Å². The van der Waals surface area contributed by atoms with Crippen molar-refractivity contribution in [3.8, 4) is 11.3 Å². The van der Waals surface area contributed by atoms with E-state index in [2.05, 4.69) is 15.5 Å². The molecule has 0 saturated carbocycles. The molecule has 2 heterocycles. The summed E-state index contributed by atoms with van der Waals surface area (Å²) in [4.78, 5) is 25.1. The summed E-state index contributed by atoms with van der Waals surface area (Å²) < 4.78 is 28.2. The molecule has 27 heavy (non-hydrogen) atoms. The smallest absolute Gasteiger partial charge is 0.317 e. The lowest BCUT2D eigenvalue weighted by Crippen LogP contribution is -2.43. The number of nitrogens with zero attached hydrogens (tertiary/aromatic N) is 2. The highest BCUT2D eigenvalue weighted by atomic mass is 19.1. The highest BCUT2D eigenvalue weighted by Gasteiger charge is 2.28. The van der Waals surface area contributed by atoms with Crippen molar-refractivity contribution in [3.63, 3.8) is 0 Å². The molecule has 1 fully saturated rings. The molecule has 0 bridgehead atoms. The van der Waals surface area contributed by atoms with E-state index >= 15 is 0 Å². The number of benzene rings is 1. The second-order valence-corrected chi connectivity index (χ2v) is 6.54. The Kier molecular flexibility index (Phi) is 5.80. The van der Waals surface area contributed by atoms with Crippen LogP contribution in [-0.4, -0.2) is 58.3 Å². The third-order valence-corrected chi connectivity index (χ3v) is 4.60. The third-order valence-electron chi connectivity index (χ3n) is 4.60. The van der Waals surface area contributed by atoms with E-state index in [-0.39, 0.29) is 35.2 Å². The number of piperidine rings is 1. The molecule has 1 amide bonds. The molecule has 2 aromatic rings. The van der Waals surface area contributed by atoms with Gasteiger partial charge in [-0.15, -0.1) is 0 Å². The van der Waals surface area contributed by atoms with Crippen molar-refractivity contribution in [2.75, 3.05) is 26.2 Å². The lowest BCUT2D eigenvalue weighted by atomic mass is 9.97. The highest BCUT2D eigenvalue weighted by molar-refractivity contribution is 5.99. The van der Waals surface area contributed by atoms with Crippen LogP contribution in [0.2, 0.25) is 0 Å². The Labute approximate surface area is 154 Å². The monoisotopic (exact) mass is 378 g/mol. The molecular formula is C18H20F2N4O3. The Balaban J connectivity index is 1.75. The van der Waals surface area contributed by atoms with E-state index in [9.17, 15) is 18.4 Å². The molecule has 1 aliphatic heterocycles. The molecule has 1 aromatic heterocycles. The minimum absolute atomic E-state index is 0.0155. The maximum absolute atomic E-state index is 14.1. The van der Waals surface area contributed by atoms with Crippen LogP contribution in [-0.2, 0) is 4.79 Å². The Morgan fingerprint density at radius 1 is 1.33 bits per heavy atom. The molecule has 0 radical (unpaired) electrons. The standard InChI is InChI=1S/C18H20F2N4O3/c19-13-4-1-5-14(20)16(13)17-12(8-22-23-17)18(27)24-6-2-3-11(10-24)7-21-9-15(25)26/h1,4-5,8,11,21H,2-3,6-7,9-10H2,(H,22,23)(H,25,26). The van der Waals surface area contributed by atoms with Crippen molar-refractivity contribution in [2.24, 2.45) is 5.92 Å². The van der Waals surface area contributed by atoms with Gasteiger partial charge in [-0.25, -0.2) is 8.78 Å². The number of aromatic nitrogens is 2. The molecule has 144 valence electrons. The van der Waals surface area contributed by atoms with Crippen LogP contribution in [0.25, 0.3) is 11.3 Å². The number of hydrogen-bond donors (Lipinski definition) is 3. The third kappa shape index (κ3) is 4.30. The second kappa shape index (κ2) is 8.26. The Morgan fingerprint density at radius 2 is 2.07 bits per heavy atom. The minimum atomic E-state index is -0.936. The van der Waals surface area contributed by atoms with Crippen LogP contribution < -0.4 is 5.32 Å². The van der Waals surface area contributed by atoms with Crippen molar-refractivity contribution in [1.82, 2.24) is 20.4 Å². The maximum atomic E-state index is 14.1. The van der Waals surface area contributed by atoms with Gasteiger partial charge in [0.15, 0.2) is 0 Å². The van der Waals surface area contributed by atoms with Gasteiger partial charge >= 0.3 is 5.97 Å². The first kappa shape index (κ1) is 19.0. The number of H-pyrrole nitrogens is 1. The number of likely N-dealkylation sites (tertiary alicyclic amines) is 1. The number of nitrogens with one attached hydrogen (secondary N) is 2. The number of hydrogen-bond acceptors (Lipinski definition) is 4. The summed E-state index contributed by atoms with van der Waals surface area (Å²) in [6.07, 6.45) is 2.92. The summed E-state index contributed by atoms with van der Waals surface area (Å²) in [6, 6.07) is 3.50. The fourth-order valence-corrected chi connectivity index (χ4v) is 3.35. The number of amides is 1. The molecule has 0 spiro atoms. The normalized spacial score (nSPS) is 17.1. The minimum Gasteiger partial charge on any atom is -0.480 e. The van der Waals surface area contributed by atoms with Crippen LogP contribution in [0.3, 0.4) is 0 Å². The van der Waals surface area contributed by atoms with E-state index in [4.69, 9.17) is 5.11 Å². The average Bonchev–Trinajstić information content (AvgIpc) is 3.10. The lowest BCUT2D eigenvalue weighted by Gasteiger charge is -2.32. The molecule has 3 N–H and O–H groups in total. The fraction of sp³-hybridized carbons (Fsp3) is 0.389. The van der Waals surface area contributed by atoms with E-state index in [0.717, 1.165) is 25.0 Å². The molecular weight excluding hydrogens is 358 g/mol. The number of halogens is 2. The Morgan fingerprint density at radius 3 is 2.78 bits per heavy atom. The van der Waals surface area contributed by atoms with Crippen molar-refractivity contribution >= 4 is 11.9 Å². The SMILES string of the molecule is O=C(O)CNCC1CCCN(C(=O)c2cn[nH]c2-c2c(F)cccc2F)C1. The van der Waals surface area contributed by atoms with Gasteiger partial charge in [0.2, 0.25) is 0 Å². The van der Waals surface area contributed by atoms with Crippen LogP contribution in [0.5, 0.6) is 0 Å². The van der Waals surface area contributed by atoms with Crippen LogP contribution in [0.15, 0.2) is 24.4 Å². The number of carbonyl (C=O) groups is 2. The average molecular weight is 378 g/mol. The van der Waals surface area contributed by atoms with Gasteiger partial charge < -0.3 is 15.3 Å². The van der Waals surface area contributed by atoms with Crippen LogP contribution in [0.4, 0.5) is 8.78 Å². The van der Waals surface area contributed by atoms with Gasteiger partial charge in [0.1, 0.15) is 11.6 Å². The molecule has 7 nitrogen and oxygen atoms in total. The zero-order chi connectivity index (χ0) is 19.4. The zero-order valence-corrected chi connectivity index (χ0v) is 14.5. The van der Waals surface area contributed by atoms with Gasteiger partial charge in [-0.05, 0) is 30.9 Å². The second-order valence-electron chi connectivity index (χ2n) is 6.54. The number of aliphatic carboxylic acids is 1. The zero-order valence-electron chi connectivity index (χ0n) is 14.5. The lowest BCUT2D eigenvalue weighted by molar-refractivity contribution is -0.136. The van der Waals surface area contributed by atoms with Gasteiger partial charge in [0, 0.05) is 19.6 Å². The van der Waals surface area contributed by atoms with Crippen molar-refractivity contribution in [1.29, 1.82) is 0 Å². The largest absolute Gasteiger partial charge is 0.480 e. The van der Waals surface area contributed by atoms with Crippen LogP contribution >= 0.6 is 0 Å². The molecule has 1 saturated heterocycles. The summed E-state index contributed by atoms with van der Waals surface area (Å²) in [5.74, 6) is -2.73. The number of carbonyl (C=O) groups excluding carboxylic acids is 1. The number of aromatic amines is 1. The summed E-state index contributed by atoms with van der Waals surface area (Å²) >= 11 is 0. The Hall–Kier alpha value is -2.81. The van der Waals surface area contributed by atoms with E-state index in [1.165, 1.54) is 12.3 Å². The first-order valence-electron chi connectivity index (χ1n) is 8.67. The van der Waals surface area contributed by atoms with Crippen LogP contribution in [0.1, 0.15) is 23.2 Å². The predicted molar refractivity (Wildman–Crippen MR) is 93.1 cm³/mol. The molecule has 3 rings (SSSR count). The topological polar surface area (TPSA) is 98.3 Å². The highest BCUT2D eigenvalue weighted by Crippen LogP contribution is 2.28. The van der Waals surface area contributed by atoms with E-state index in [1.54, 1.807) is 4.90 Å². The quantitative estimate of drug-likeness (QED) is 0.713. The molecule has 9 heteroatoms. The van der Waals surface area contributed by atoms with E-state index < -0.39 is 17.6 Å². The molecule has 1 aliphatic rings. The summed E-state index contributed by atoms with van der Waals surface area (Å²) in [5, 5.41) is 17.9. The Bertz CT molecular complexity index is 820. The summed E-state index contributed by atoms with van der Waals surface area (Å²) in [6.45, 7) is 1.31. The van der Waals surface area contributed by atoms with E-state index in [1.807, 2.05) is 0 Å². The van der Waals surface area contributed by atoms with Crippen LogP contribution in [0, 0.1) is 17.6 Å². The molecule has 1 atom stereocenters. The first-order chi connectivity index (χ1) is 13.0. The number of carboxylic acids is 1. The van der Waals surface area contributed by atoms with Gasteiger partial charge in [0.25, 0.3) is 5.91 Å². The maximum Gasteiger partial charge on any atom is 0.317 e. The molecule has 1 unspecified atom stereocenters. The summed E-state index contributed by atoms with van der Waals surface area (Å²) in [5.41, 5.74) is -0.185. The van der Waals surface area contributed by atoms with Gasteiger partial charge in [-0.1, -0.05) is 6.07 Å². The molecule has 1 aromatic carbocycles. The fourth-order valence-electron chi connectivity index (χ4n) is 3.35. The predicted octanol–water partition coefficient (Wildman–Crippen LogP) is 1.88. The van der Waals surface area contributed by atoms with Gasteiger partial charge in [-0.3, -0.25) is 14.7 Å². The molecule has 0 aliphatic carbocycles. The van der Waals surface area contributed by atoms with Gasteiger partial charge in [0.05, 0.1) is 29.6 Å². The van der Waals surface area contributed by atoms with Crippen molar-refractivity contribution in [2.45, 2.75) is 12.8 Å².